The predicted octanol–water partition coefficient (Wildman–Crippen LogP) is 4.16. The SMILES string of the molecule is CC1=C(C(=O)c2ccc(Cl)cc2)[C@@H](c2cccc(C)c2)NC(=O)N1. The van der Waals surface area contributed by atoms with E-state index in [0.717, 1.165) is 11.1 Å². The van der Waals surface area contributed by atoms with Gasteiger partial charge in [-0.05, 0) is 43.7 Å². The van der Waals surface area contributed by atoms with Crippen molar-refractivity contribution in [2.24, 2.45) is 0 Å². The number of aryl methyl sites for hydroxylation is 1. The summed E-state index contributed by atoms with van der Waals surface area (Å²) in [7, 11) is 0. The summed E-state index contributed by atoms with van der Waals surface area (Å²) >= 11 is 5.90. The van der Waals surface area contributed by atoms with Gasteiger partial charge in [0.05, 0.1) is 6.04 Å². The first-order valence-corrected chi connectivity index (χ1v) is 7.98. The van der Waals surface area contributed by atoms with Crippen LogP contribution in [0.2, 0.25) is 5.02 Å². The fourth-order valence-corrected chi connectivity index (χ4v) is 2.98. The van der Waals surface area contributed by atoms with Crippen molar-refractivity contribution in [3.63, 3.8) is 0 Å². The maximum atomic E-state index is 13.0. The average Bonchev–Trinajstić information content (AvgIpc) is 2.54. The molecule has 0 aliphatic carbocycles. The number of hydrogen-bond donors (Lipinski definition) is 2. The van der Waals surface area contributed by atoms with Gasteiger partial charge in [0.15, 0.2) is 5.78 Å². The quantitative estimate of drug-likeness (QED) is 0.824. The molecule has 0 unspecified atom stereocenters. The number of halogens is 1. The van der Waals surface area contributed by atoms with E-state index < -0.39 is 6.04 Å². The third kappa shape index (κ3) is 3.19. The molecule has 3 rings (SSSR count). The molecule has 1 aliphatic heterocycles. The monoisotopic (exact) mass is 340 g/mol. The lowest BCUT2D eigenvalue weighted by Gasteiger charge is -2.29. The van der Waals surface area contributed by atoms with Crippen LogP contribution in [0.25, 0.3) is 0 Å². The molecule has 24 heavy (non-hydrogen) atoms. The molecule has 0 aromatic heterocycles. The second-order valence-electron chi connectivity index (χ2n) is 5.82. The van der Waals surface area contributed by atoms with Crippen molar-refractivity contribution in [3.8, 4) is 0 Å². The number of amides is 2. The van der Waals surface area contributed by atoms with Crippen LogP contribution in [0.1, 0.15) is 34.5 Å². The van der Waals surface area contributed by atoms with Crippen LogP contribution in [0, 0.1) is 6.92 Å². The van der Waals surface area contributed by atoms with Crippen LogP contribution in [0.5, 0.6) is 0 Å². The third-order valence-electron chi connectivity index (χ3n) is 4.00. The molecule has 2 N–H and O–H groups in total. The highest BCUT2D eigenvalue weighted by Crippen LogP contribution is 2.30. The first-order chi connectivity index (χ1) is 11.5. The number of carbonyl (C=O) groups excluding carboxylic acids is 2. The molecule has 2 aromatic carbocycles. The highest BCUT2D eigenvalue weighted by Gasteiger charge is 2.31. The number of rotatable bonds is 3. The average molecular weight is 341 g/mol. The minimum absolute atomic E-state index is 0.136. The topological polar surface area (TPSA) is 58.2 Å². The molecular formula is C19H17ClN2O2. The van der Waals surface area contributed by atoms with Crippen molar-refractivity contribution >= 4 is 23.4 Å². The lowest BCUT2D eigenvalue weighted by Crippen LogP contribution is -2.45. The minimum Gasteiger partial charge on any atom is -0.327 e. The zero-order valence-corrected chi connectivity index (χ0v) is 14.1. The molecule has 0 spiro atoms. The molecular weight excluding hydrogens is 324 g/mol. The molecule has 4 nitrogen and oxygen atoms in total. The summed E-state index contributed by atoms with van der Waals surface area (Å²) in [4.78, 5) is 24.9. The zero-order valence-electron chi connectivity index (χ0n) is 13.4. The van der Waals surface area contributed by atoms with E-state index >= 15 is 0 Å². The van der Waals surface area contributed by atoms with Crippen molar-refractivity contribution in [1.82, 2.24) is 10.6 Å². The Bertz CT molecular complexity index is 841. The summed E-state index contributed by atoms with van der Waals surface area (Å²) in [6.07, 6.45) is 0. The van der Waals surface area contributed by atoms with Gasteiger partial charge >= 0.3 is 6.03 Å². The second-order valence-corrected chi connectivity index (χ2v) is 6.26. The van der Waals surface area contributed by atoms with Gasteiger partial charge in [-0.2, -0.15) is 0 Å². The fourth-order valence-electron chi connectivity index (χ4n) is 2.85. The van der Waals surface area contributed by atoms with Crippen LogP contribution in [0.15, 0.2) is 59.8 Å². The molecule has 0 bridgehead atoms. The molecule has 1 heterocycles. The Hall–Kier alpha value is -2.59. The molecule has 122 valence electrons. The predicted molar refractivity (Wildman–Crippen MR) is 94.1 cm³/mol. The van der Waals surface area contributed by atoms with Crippen molar-refractivity contribution in [2.45, 2.75) is 19.9 Å². The summed E-state index contributed by atoms with van der Waals surface area (Å²) < 4.78 is 0. The molecule has 2 amide bonds. The number of hydrogen-bond acceptors (Lipinski definition) is 2. The summed E-state index contributed by atoms with van der Waals surface area (Å²) in [5.41, 5.74) is 3.56. The maximum Gasteiger partial charge on any atom is 0.319 e. The van der Waals surface area contributed by atoms with E-state index in [-0.39, 0.29) is 11.8 Å². The number of urea groups is 1. The zero-order chi connectivity index (χ0) is 17.3. The first kappa shape index (κ1) is 16.3. The number of allylic oxidation sites excluding steroid dienone is 1. The van der Waals surface area contributed by atoms with Crippen molar-refractivity contribution < 1.29 is 9.59 Å². The normalized spacial score (nSPS) is 17.3. The highest BCUT2D eigenvalue weighted by molar-refractivity contribution is 6.30. The van der Waals surface area contributed by atoms with Crippen LogP contribution in [0.3, 0.4) is 0 Å². The number of carbonyl (C=O) groups is 2. The van der Waals surface area contributed by atoms with E-state index in [2.05, 4.69) is 10.6 Å². The van der Waals surface area contributed by atoms with E-state index in [1.54, 1.807) is 31.2 Å². The molecule has 0 saturated carbocycles. The summed E-state index contributed by atoms with van der Waals surface area (Å²) in [5, 5.41) is 6.11. The van der Waals surface area contributed by atoms with E-state index in [9.17, 15) is 9.59 Å². The lowest BCUT2D eigenvalue weighted by atomic mass is 9.89. The van der Waals surface area contributed by atoms with E-state index in [0.29, 0.717) is 21.9 Å². The number of Topliss-reactive ketones (excluding diaryl/α,β-unsaturated/α-hetero) is 1. The van der Waals surface area contributed by atoms with Gasteiger partial charge in [-0.3, -0.25) is 4.79 Å². The largest absolute Gasteiger partial charge is 0.327 e. The van der Waals surface area contributed by atoms with Gasteiger partial charge in [-0.1, -0.05) is 41.4 Å². The second kappa shape index (κ2) is 6.49. The van der Waals surface area contributed by atoms with Crippen LogP contribution >= 0.6 is 11.6 Å². The van der Waals surface area contributed by atoms with E-state index in [4.69, 9.17) is 11.6 Å². The Kier molecular flexibility index (Phi) is 4.40. The van der Waals surface area contributed by atoms with Gasteiger partial charge in [0.2, 0.25) is 0 Å². The van der Waals surface area contributed by atoms with Gasteiger partial charge < -0.3 is 10.6 Å². The van der Waals surface area contributed by atoms with Crippen LogP contribution in [0.4, 0.5) is 4.79 Å². The van der Waals surface area contributed by atoms with Crippen LogP contribution < -0.4 is 10.6 Å². The fraction of sp³-hybridized carbons (Fsp3) is 0.158. The minimum atomic E-state index is -0.484. The van der Waals surface area contributed by atoms with Crippen molar-refractivity contribution in [2.75, 3.05) is 0 Å². The Labute approximate surface area is 145 Å². The lowest BCUT2D eigenvalue weighted by molar-refractivity contribution is 0.102. The Balaban J connectivity index is 2.06. The summed E-state index contributed by atoms with van der Waals surface area (Å²) in [5.74, 6) is -0.136. The van der Waals surface area contributed by atoms with E-state index in [1.807, 2.05) is 31.2 Å². The Morgan fingerprint density at radius 1 is 1.08 bits per heavy atom. The Morgan fingerprint density at radius 3 is 2.46 bits per heavy atom. The van der Waals surface area contributed by atoms with Gasteiger partial charge in [0.1, 0.15) is 0 Å². The maximum absolute atomic E-state index is 13.0. The standard InChI is InChI=1S/C19H17ClN2O2/c1-11-4-3-5-14(10-11)17-16(12(2)21-19(24)22-17)18(23)13-6-8-15(20)9-7-13/h3-10,17H,1-2H3,(H2,21,22,24)/t17-/m1/s1. The molecule has 2 aromatic rings. The summed E-state index contributed by atoms with van der Waals surface area (Å²) in [6.45, 7) is 3.72. The number of nitrogens with one attached hydrogen (secondary N) is 2. The third-order valence-corrected chi connectivity index (χ3v) is 4.25. The van der Waals surface area contributed by atoms with Gasteiger partial charge in [0, 0.05) is 21.9 Å². The van der Waals surface area contributed by atoms with Crippen LogP contribution in [-0.4, -0.2) is 11.8 Å². The number of benzene rings is 2. The molecule has 0 fully saturated rings. The molecule has 1 aliphatic rings. The highest BCUT2D eigenvalue weighted by atomic mass is 35.5. The first-order valence-electron chi connectivity index (χ1n) is 7.61. The molecule has 0 radical (unpaired) electrons. The molecule has 0 saturated heterocycles. The number of ketones is 1. The van der Waals surface area contributed by atoms with Crippen LogP contribution in [-0.2, 0) is 0 Å². The van der Waals surface area contributed by atoms with Crippen molar-refractivity contribution in [3.05, 3.63) is 81.5 Å². The molecule has 1 atom stereocenters. The van der Waals surface area contributed by atoms with E-state index in [1.165, 1.54) is 0 Å². The summed E-state index contributed by atoms with van der Waals surface area (Å²) in [6, 6.07) is 13.7. The van der Waals surface area contributed by atoms with Gasteiger partial charge in [0.25, 0.3) is 0 Å². The molecule has 5 heteroatoms. The smallest absolute Gasteiger partial charge is 0.319 e. The van der Waals surface area contributed by atoms with Gasteiger partial charge in [-0.25, -0.2) is 4.79 Å². The van der Waals surface area contributed by atoms with Gasteiger partial charge in [-0.15, -0.1) is 0 Å². The Morgan fingerprint density at radius 2 is 1.79 bits per heavy atom. The van der Waals surface area contributed by atoms with Crippen molar-refractivity contribution in [1.29, 1.82) is 0 Å².